The zero-order valence-corrected chi connectivity index (χ0v) is 15.2. The molecule has 0 fully saturated rings. The van der Waals surface area contributed by atoms with Crippen molar-refractivity contribution in [2.75, 3.05) is 5.32 Å². The number of amides is 1. The number of nitrogens with one attached hydrogen (secondary N) is 1. The van der Waals surface area contributed by atoms with Crippen molar-refractivity contribution in [1.82, 2.24) is 10.2 Å². The molecule has 2 aromatic heterocycles. The minimum atomic E-state index is 0.00243. The fourth-order valence-corrected chi connectivity index (χ4v) is 2.97. The molecule has 0 aliphatic heterocycles. The van der Waals surface area contributed by atoms with Gasteiger partial charge in [-0.3, -0.25) is 4.79 Å². The molecule has 6 heteroatoms. The Bertz CT molecular complexity index is 1100. The molecule has 0 unspecified atom stereocenters. The number of benzene rings is 2. The quantitative estimate of drug-likeness (QED) is 0.528. The number of rotatable bonds is 5. The van der Waals surface area contributed by atoms with E-state index < -0.39 is 0 Å². The van der Waals surface area contributed by atoms with Crippen LogP contribution in [0.1, 0.15) is 25.3 Å². The van der Waals surface area contributed by atoms with E-state index in [1.165, 1.54) is 0 Å². The molecular formula is C21H19N3O3. The summed E-state index contributed by atoms with van der Waals surface area (Å²) in [5, 5.41) is 12.1. The smallest absolute Gasteiger partial charge is 0.284 e. The lowest BCUT2D eigenvalue weighted by Crippen LogP contribution is -2.10. The van der Waals surface area contributed by atoms with Gasteiger partial charge >= 0.3 is 0 Å². The average molecular weight is 361 g/mol. The molecule has 1 amide bonds. The van der Waals surface area contributed by atoms with E-state index in [1.54, 1.807) is 0 Å². The highest BCUT2D eigenvalue weighted by atomic mass is 16.4. The third-order valence-electron chi connectivity index (χ3n) is 4.34. The fourth-order valence-electron chi connectivity index (χ4n) is 2.97. The van der Waals surface area contributed by atoms with Gasteiger partial charge in [0.1, 0.15) is 5.58 Å². The van der Waals surface area contributed by atoms with Gasteiger partial charge in [0.25, 0.3) is 5.89 Å². The maximum absolute atomic E-state index is 11.8. The Morgan fingerprint density at radius 3 is 2.59 bits per heavy atom. The Hall–Kier alpha value is -3.41. The van der Waals surface area contributed by atoms with E-state index in [-0.39, 0.29) is 5.91 Å². The van der Waals surface area contributed by atoms with Crippen LogP contribution in [0, 0.1) is 6.92 Å². The van der Waals surface area contributed by atoms with E-state index in [4.69, 9.17) is 8.83 Å². The molecule has 6 nitrogen and oxygen atoms in total. The fraction of sp³-hybridized carbons (Fsp3) is 0.190. The van der Waals surface area contributed by atoms with Crippen molar-refractivity contribution >= 4 is 22.6 Å². The lowest BCUT2D eigenvalue weighted by Gasteiger charge is -2.03. The van der Waals surface area contributed by atoms with Gasteiger partial charge in [0.15, 0.2) is 5.76 Å². The van der Waals surface area contributed by atoms with Crippen molar-refractivity contribution in [3.63, 3.8) is 0 Å². The van der Waals surface area contributed by atoms with Gasteiger partial charge in [-0.1, -0.05) is 25.1 Å². The first-order valence-corrected chi connectivity index (χ1v) is 8.88. The number of fused-ring (bicyclic) bond motifs is 1. The molecule has 2 heterocycles. The molecule has 0 aliphatic carbocycles. The third kappa shape index (κ3) is 3.33. The van der Waals surface area contributed by atoms with Gasteiger partial charge in [-0.15, -0.1) is 10.2 Å². The minimum Gasteiger partial charge on any atom is -0.451 e. The van der Waals surface area contributed by atoms with E-state index in [2.05, 4.69) is 15.5 Å². The number of aryl methyl sites for hydroxylation is 1. The predicted molar refractivity (Wildman–Crippen MR) is 103 cm³/mol. The molecule has 27 heavy (non-hydrogen) atoms. The van der Waals surface area contributed by atoms with Gasteiger partial charge in [-0.25, -0.2) is 0 Å². The molecule has 0 saturated carbocycles. The standard InChI is InChI=1S/C21H19N3O3/c1-3-7-18(25)22-15-10-11-17-16(12-15)13(2)19(26-17)21-24-23-20(27-21)14-8-5-4-6-9-14/h4-6,8-12H,3,7H2,1-2H3,(H,22,25). The second-order valence-corrected chi connectivity index (χ2v) is 6.34. The van der Waals surface area contributed by atoms with Gasteiger partial charge in [0, 0.05) is 28.6 Å². The van der Waals surface area contributed by atoms with Crippen molar-refractivity contribution in [1.29, 1.82) is 0 Å². The van der Waals surface area contributed by atoms with Crippen LogP contribution in [0.25, 0.3) is 34.1 Å². The molecule has 2 aromatic carbocycles. The minimum absolute atomic E-state index is 0.00243. The maximum atomic E-state index is 11.8. The maximum Gasteiger partial charge on any atom is 0.284 e. The van der Waals surface area contributed by atoms with E-state index in [1.807, 2.05) is 62.4 Å². The number of hydrogen-bond acceptors (Lipinski definition) is 5. The molecule has 4 aromatic rings. The summed E-state index contributed by atoms with van der Waals surface area (Å²) >= 11 is 0. The highest BCUT2D eigenvalue weighted by Gasteiger charge is 2.19. The normalized spacial score (nSPS) is 11.0. The largest absolute Gasteiger partial charge is 0.451 e. The number of carbonyl (C=O) groups is 1. The van der Waals surface area contributed by atoms with Gasteiger partial charge in [0.2, 0.25) is 11.8 Å². The number of carbonyl (C=O) groups excluding carboxylic acids is 1. The van der Waals surface area contributed by atoms with Crippen LogP contribution in [-0.2, 0) is 4.79 Å². The monoisotopic (exact) mass is 361 g/mol. The summed E-state index contributed by atoms with van der Waals surface area (Å²) in [5.41, 5.74) is 3.19. The number of hydrogen-bond donors (Lipinski definition) is 1. The molecule has 0 atom stereocenters. The number of aromatic nitrogens is 2. The van der Waals surface area contributed by atoms with Crippen LogP contribution in [0.2, 0.25) is 0 Å². The van der Waals surface area contributed by atoms with Crippen LogP contribution in [-0.4, -0.2) is 16.1 Å². The van der Waals surface area contributed by atoms with Crippen LogP contribution in [0.3, 0.4) is 0 Å². The summed E-state index contributed by atoms with van der Waals surface area (Å²) in [6.07, 6.45) is 1.31. The first-order chi connectivity index (χ1) is 13.2. The van der Waals surface area contributed by atoms with Gasteiger partial charge in [-0.2, -0.15) is 0 Å². The Morgan fingerprint density at radius 1 is 1.04 bits per heavy atom. The molecule has 0 radical (unpaired) electrons. The van der Waals surface area contributed by atoms with Crippen molar-refractivity contribution in [3.8, 4) is 23.1 Å². The lowest BCUT2D eigenvalue weighted by atomic mass is 10.1. The third-order valence-corrected chi connectivity index (χ3v) is 4.34. The Kier molecular flexibility index (Phi) is 4.46. The molecule has 4 rings (SSSR count). The van der Waals surface area contributed by atoms with Crippen LogP contribution in [0.15, 0.2) is 57.4 Å². The Morgan fingerprint density at radius 2 is 1.81 bits per heavy atom. The summed E-state index contributed by atoms with van der Waals surface area (Å²) in [7, 11) is 0. The van der Waals surface area contributed by atoms with Crippen LogP contribution in [0.4, 0.5) is 5.69 Å². The first-order valence-electron chi connectivity index (χ1n) is 8.88. The number of furan rings is 1. The highest BCUT2D eigenvalue weighted by molar-refractivity contribution is 5.95. The zero-order valence-electron chi connectivity index (χ0n) is 15.2. The van der Waals surface area contributed by atoms with Crippen molar-refractivity contribution in [2.24, 2.45) is 0 Å². The molecule has 0 bridgehead atoms. The predicted octanol–water partition coefficient (Wildman–Crippen LogP) is 5.20. The van der Waals surface area contributed by atoms with E-state index in [0.29, 0.717) is 29.5 Å². The number of nitrogens with zero attached hydrogens (tertiary/aromatic N) is 2. The van der Waals surface area contributed by atoms with E-state index >= 15 is 0 Å². The van der Waals surface area contributed by atoms with Gasteiger partial charge in [-0.05, 0) is 43.7 Å². The Labute approximate surface area is 156 Å². The number of anilines is 1. The van der Waals surface area contributed by atoms with Gasteiger partial charge in [0.05, 0.1) is 0 Å². The van der Waals surface area contributed by atoms with Crippen LogP contribution in [0.5, 0.6) is 0 Å². The Balaban J connectivity index is 1.68. The summed E-state index contributed by atoms with van der Waals surface area (Å²) in [4.78, 5) is 11.8. The average Bonchev–Trinajstić information content (AvgIpc) is 3.28. The topological polar surface area (TPSA) is 81.2 Å². The molecule has 0 saturated heterocycles. The molecule has 136 valence electrons. The van der Waals surface area contributed by atoms with E-state index in [9.17, 15) is 4.79 Å². The lowest BCUT2D eigenvalue weighted by molar-refractivity contribution is -0.116. The second-order valence-electron chi connectivity index (χ2n) is 6.34. The molecule has 0 aliphatic rings. The van der Waals surface area contributed by atoms with Crippen LogP contribution < -0.4 is 5.32 Å². The molecular weight excluding hydrogens is 342 g/mol. The van der Waals surface area contributed by atoms with E-state index in [0.717, 1.165) is 28.6 Å². The van der Waals surface area contributed by atoms with Crippen LogP contribution >= 0.6 is 0 Å². The summed E-state index contributed by atoms with van der Waals surface area (Å²) < 4.78 is 11.7. The first kappa shape index (κ1) is 17.0. The molecule has 0 spiro atoms. The summed E-state index contributed by atoms with van der Waals surface area (Å²) in [5.74, 6) is 1.32. The van der Waals surface area contributed by atoms with Crippen molar-refractivity contribution in [2.45, 2.75) is 26.7 Å². The highest BCUT2D eigenvalue weighted by Crippen LogP contribution is 2.34. The molecule has 1 N–H and O–H groups in total. The van der Waals surface area contributed by atoms with Gasteiger partial charge < -0.3 is 14.2 Å². The van der Waals surface area contributed by atoms with Crippen molar-refractivity contribution in [3.05, 3.63) is 54.1 Å². The zero-order chi connectivity index (χ0) is 18.8. The van der Waals surface area contributed by atoms with Crippen molar-refractivity contribution < 1.29 is 13.6 Å². The second kappa shape index (κ2) is 7.07. The SMILES string of the molecule is CCCC(=O)Nc1ccc2oc(-c3nnc(-c4ccccc4)o3)c(C)c2c1. The summed E-state index contributed by atoms with van der Waals surface area (Å²) in [6, 6.07) is 15.1. The summed E-state index contributed by atoms with van der Waals surface area (Å²) in [6.45, 7) is 3.91.